The largest absolute Gasteiger partial charge is 0.493 e. The molecule has 0 radical (unpaired) electrons. The lowest BCUT2D eigenvalue weighted by Gasteiger charge is -2.22. The Morgan fingerprint density at radius 3 is 2.85 bits per heavy atom. The van der Waals surface area contributed by atoms with E-state index in [2.05, 4.69) is 76.7 Å². The molecular formula is C33H33N3O3. The van der Waals surface area contributed by atoms with Gasteiger partial charge in [-0.25, -0.2) is 0 Å². The molecule has 39 heavy (non-hydrogen) atoms. The molecule has 198 valence electrons. The van der Waals surface area contributed by atoms with Crippen molar-refractivity contribution in [3.05, 3.63) is 102 Å². The molecule has 1 atom stereocenters. The third kappa shape index (κ3) is 5.32. The fourth-order valence-corrected chi connectivity index (χ4v) is 5.57. The van der Waals surface area contributed by atoms with Gasteiger partial charge in [0, 0.05) is 35.8 Å². The van der Waals surface area contributed by atoms with Gasteiger partial charge < -0.3 is 19.4 Å². The van der Waals surface area contributed by atoms with E-state index in [-0.39, 0.29) is 18.4 Å². The highest BCUT2D eigenvalue weighted by molar-refractivity contribution is 5.88. The van der Waals surface area contributed by atoms with Crippen molar-refractivity contribution in [3.8, 4) is 5.75 Å². The van der Waals surface area contributed by atoms with E-state index in [0.29, 0.717) is 13.2 Å². The number of hydrogen-bond donors (Lipinski definition) is 1. The van der Waals surface area contributed by atoms with E-state index >= 15 is 0 Å². The van der Waals surface area contributed by atoms with Gasteiger partial charge in [0.25, 0.3) is 0 Å². The lowest BCUT2D eigenvalue weighted by molar-refractivity contribution is -0.143. The number of hydrogen-bond acceptors (Lipinski definition) is 5. The molecule has 1 aliphatic heterocycles. The molecule has 1 N–H and O–H groups in total. The van der Waals surface area contributed by atoms with E-state index in [4.69, 9.17) is 14.5 Å². The predicted molar refractivity (Wildman–Crippen MR) is 156 cm³/mol. The van der Waals surface area contributed by atoms with Gasteiger partial charge in [-0.15, -0.1) is 0 Å². The Bertz CT molecular complexity index is 1620. The Morgan fingerprint density at radius 1 is 1.03 bits per heavy atom. The van der Waals surface area contributed by atoms with E-state index in [0.717, 1.165) is 75.9 Å². The Kier molecular flexibility index (Phi) is 7.17. The highest BCUT2D eigenvalue weighted by atomic mass is 16.5. The van der Waals surface area contributed by atoms with Crippen LogP contribution in [0, 0.1) is 0 Å². The number of nitrogens with zero attached hydrogens (tertiary/aromatic N) is 2. The van der Waals surface area contributed by atoms with Gasteiger partial charge in [0.2, 0.25) is 0 Å². The minimum Gasteiger partial charge on any atom is -0.493 e. The van der Waals surface area contributed by atoms with Crippen molar-refractivity contribution in [3.63, 3.8) is 0 Å². The average molecular weight is 520 g/mol. The second kappa shape index (κ2) is 11.2. The molecule has 1 unspecified atom stereocenters. The number of aromatic nitrogens is 2. The topological polar surface area (TPSA) is 65.4 Å². The van der Waals surface area contributed by atoms with Crippen LogP contribution in [0.25, 0.3) is 21.7 Å². The van der Waals surface area contributed by atoms with Crippen LogP contribution in [0.3, 0.4) is 0 Å². The molecule has 1 aliphatic rings. The number of aryl methyl sites for hydroxylation is 1. The van der Waals surface area contributed by atoms with Crippen molar-refractivity contribution in [2.24, 2.45) is 0 Å². The third-order valence-corrected chi connectivity index (χ3v) is 7.44. The normalized spacial score (nSPS) is 13.6. The standard InChI is InChI=1S/C33H33N3O3/c1-2-38-33(37)22-32(28-10-5-8-23-7-3-4-9-27(23)28)36-19-16-24-21-26(13-15-31(24)36)39-20-17-25-12-14-29-30(35-25)11-6-18-34-29/h3-5,7-10,12-16,19,21,32,34H,2,6,11,17-18,20,22H2,1H3. The molecule has 3 heterocycles. The fourth-order valence-electron chi connectivity index (χ4n) is 5.57. The lowest BCUT2D eigenvalue weighted by atomic mass is 9.96. The number of carbonyl (C=O) groups is 1. The molecule has 0 fully saturated rings. The van der Waals surface area contributed by atoms with Crippen LogP contribution in [0.1, 0.15) is 42.8 Å². The van der Waals surface area contributed by atoms with Crippen LogP contribution < -0.4 is 10.1 Å². The number of esters is 1. The first kappa shape index (κ1) is 25.0. The molecule has 0 saturated heterocycles. The molecule has 0 amide bonds. The molecule has 0 aliphatic carbocycles. The molecule has 6 nitrogen and oxygen atoms in total. The highest BCUT2D eigenvalue weighted by Gasteiger charge is 2.22. The summed E-state index contributed by atoms with van der Waals surface area (Å²) in [7, 11) is 0. The van der Waals surface area contributed by atoms with Crippen LogP contribution >= 0.6 is 0 Å². The third-order valence-electron chi connectivity index (χ3n) is 7.44. The first-order chi connectivity index (χ1) is 19.2. The molecule has 0 saturated carbocycles. The summed E-state index contributed by atoms with van der Waals surface area (Å²) < 4.78 is 13.7. The zero-order valence-corrected chi connectivity index (χ0v) is 22.2. The lowest BCUT2D eigenvalue weighted by Crippen LogP contribution is -2.17. The quantitative estimate of drug-likeness (QED) is 0.219. The molecule has 0 spiro atoms. The Balaban J connectivity index is 1.24. The summed E-state index contributed by atoms with van der Waals surface area (Å²) >= 11 is 0. The van der Waals surface area contributed by atoms with E-state index in [1.54, 1.807) is 0 Å². The molecule has 6 heteroatoms. The number of benzene rings is 3. The number of nitrogens with one attached hydrogen (secondary N) is 1. The summed E-state index contributed by atoms with van der Waals surface area (Å²) in [6.45, 7) is 3.79. The van der Waals surface area contributed by atoms with Crippen LogP contribution in [0.5, 0.6) is 5.75 Å². The van der Waals surface area contributed by atoms with Gasteiger partial charge in [-0.3, -0.25) is 9.78 Å². The zero-order valence-electron chi connectivity index (χ0n) is 22.2. The molecule has 2 aromatic heterocycles. The van der Waals surface area contributed by atoms with Gasteiger partial charge in [-0.1, -0.05) is 42.5 Å². The van der Waals surface area contributed by atoms with Crippen LogP contribution in [-0.4, -0.2) is 35.3 Å². The summed E-state index contributed by atoms with van der Waals surface area (Å²) in [5.74, 6) is 0.621. The monoisotopic (exact) mass is 519 g/mol. The minimum absolute atomic E-state index is 0.191. The van der Waals surface area contributed by atoms with Crippen molar-refractivity contribution >= 4 is 33.3 Å². The summed E-state index contributed by atoms with van der Waals surface area (Å²) in [6.07, 6.45) is 5.23. The summed E-state index contributed by atoms with van der Waals surface area (Å²) in [6, 6.07) is 26.9. The Hall–Kier alpha value is -4.32. The molecule has 6 rings (SSSR count). The molecule has 0 bridgehead atoms. The molecule has 3 aromatic carbocycles. The van der Waals surface area contributed by atoms with Gasteiger partial charge >= 0.3 is 5.97 Å². The highest BCUT2D eigenvalue weighted by Crippen LogP contribution is 2.34. The smallest absolute Gasteiger partial charge is 0.308 e. The van der Waals surface area contributed by atoms with E-state index < -0.39 is 0 Å². The van der Waals surface area contributed by atoms with Crippen LogP contribution in [0.4, 0.5) is 5.69 Å². The fraction of sp³-hybridized carbons (Fsp3) is 0.273. The first-order valence-electron chi connectivity index (χ1n) is 13.8. The second-order valence-corrected chi connectivity index (χ2v) is 9.96. The molecular weight excluding hydrogens is 486 g/mol. The Morgan fingerprint density at radius 2 is 1.92 bits per heavy atom. The maximum absolute atomic E-state index is 12.7. The van der Waals surface area contributed by atoms with E-state index in [9.17, 15) is 4.79 Å². The van der Waals surface area contributed by atoms with Gasteiger partial charge in [0.05, 0.1) is 37.1 Å². The zero-order chi connectivity index (χ0) is 26.6. The summed E-state index contributed by atoms with van der Waals surface area (Å²) in [4.78, 5) is 17.5. The average Bonchev–Trinajstić information content (AvgIpc) is 3.39. The number of carbonyl (C=O) groups excluding carboxylic acids is 1. The number of pyridine rings is 1. The van der Waals surface area contributed by atoms with Crippen molar-refractivity contribution in [2.45, 2.75) is 38.6 Å². The van der Waals surface area contributed by atoms with Gasteiger partial charge in [0.1, 0.15) is 5.75 Å². The van der Waals surface area contributed by atoms with Crippen molar-refractivity contribution in [1.82, 2.24) is 9.55 Å². The van der Waals surface area contributed by atoms with E-state index in [1.165, 1.54) is 0 Å². The van der Waals surface area contributed by atoms with Crippen molar-refractivity contribution in [2.75, 3.05) is 25.1 Å². The molecule has 5 aromatic rings. The van der Waals surface area contributed by atoms with Gasteiger partial charge in [-0.2, -0.15) is 0 Å². The van der Waals surface area contributed by atoms with Gasteiger partial charge in [0.15, 0.2) is 0 Å². The summed E-state index contributed by atoms with van der Waals surface area (Å²) in [5.41, 5.74) is 5.53. The van der Waals surface area contributed by atoms with Crippen LogP contribution in [0.2, 0.25) is 0 Å². The Labute approximate surface area is 228 Å². The van der Waals surface area contributed by atoms with Crippen LogP contribution in [0.15, 0.2) is 85.1 Å². The first-order valence-corrected chi connectivity index (χ1v) is 13.8. The van der Waals surface area contributed by atoms with E-state index in [1.807, 2.05) is 25.1 Å². The number of ether oxygens (including phenoxy) is 2. The van der Waals surface area contributed by atoms with Gasteiger partial charge in [-0.05, 0) is 72.5 Å². The van der Waals surface area contributed by atoms with Crippen molar-refractivity contribution < 1.29 is 14.3 Å². The number of anilines is 1. The summed E-state index contributed by atoms with van der Waals surface area (Å²) in [5, 5.41) is 6.78. The SMILES string of the molecule is CCOC(=O)CC(c1cccc2ccccc12)n1ccc2cc(OCCc3ccc4c(n3)CCCN4)ccc21. The predicted octanol–water partition coefficient (Wildman–Crippen LogP) is 6.71. The number of fused-ring (bicyclic) bond motifs is 3. The minimum atomic E-state index is -0.205. The van der Waals surface area contributed by atoms with Crippen LogP contribution in [-0.2, 0) is 22.4 Å². The number of rotatable bonds is 9. The second-order valence-electron chi connectivity index (χ2n) is 9.96. The van der Waals surface area contributed by atoms with Crippen molar-refractivity contribution in [1.29, 1.82) is 0 Å². The maximum Gasteiger partial charge on any atom is 0.308 e. The maximum atomic E-state index is 12.7.